The lowest BCUT2D eigenvalue weighted by Crippen LogP contribution is -2.14. The molecule has 0 aliphatic carbocycles. The molecule has 0 saturated carbocycles. The molecule has 0 spiro atoms. The zero-order chi connectivity index (χ0) is 14.4. The molecule has 0 N–H and O–H groups in total. The Morgan fingerprint density at radius 2 is 1.55 bits per heavy atom. The maximum atomic E-state index is 11.8. The van der Waals surface area contributed by atoms with E-state index in [1.54, 1.807) is 24.3 Å². The molecule has 0 fully saturated rings. The van der Waals surface area contributed by atoms with Crippen molar-refractivity contribution in [2.24, 2.45) is 5.16 Å². The summed E-state index contributed by atoms with van der Waals surface area (Å²) in [6.45, 7) is 0.229. The van der Waals surface area contributed by atoms with E-state index < -0.39 is 9.84 Å². The second kappa shape index (κ2) is 6.34. The molecule has 2 aromatic rings. The SMILES string of the molecule is CS(=O)(=O)/C(=N\OCc1ccccc1)c1ccccc1. The molecule has 0 aromatic heterocycles. The minimum absolute atomic E-state index is 0.0611. The molecular formula is C15H15NO3S. The largest absolute Gasteiger partial charge is 0.390 e. The van der Waals surface area contributed by atoms with Gasteiger partial charge in [0.1, 0.15) is 6.61 Å². The molecular weight excluding hydrogens is 274 g/mol. The van der Waals surface area contributed by atoms with E-state index in [0.717, 1.165) is 11.8 Å². The molecule has 0 aliphatic heterocycles. The van der Waals surface area contributed by atoms with Gasteiger partial charge in [-0.1, -0.05) is 65.8 Å². The third-order valence-corrected chi connectivity index (χ3v) is 3.61. The van der Waals surface area contributed by atoms with Gasteiger partial charge in [0.2, 0.25) is 5.04 Å². The van der Waals surface area contributed by atoms with Crippen molar-refractivity contribution in [3.63, 3.8) is 0 Å². The molecule has 2 rings (SSSR count). The average Bonchev–Trinajstić information content (AvgIpc) is 2.44. The third kappa shape index (κ3) is 3.93. The first-order chi connectivity index (χ1) is 9.57. The number of rotatable bonds is 4. The lowest BCUT2D eigenvalue weighted by atomic mass is 10.2. The maximum absolute atomic E-state index is 11.8. The van der Waals surface area contributed by atoms with Gasteiger partial charge in [-0.05, 0) is 5.56 Å². The molecule has 20 heavy (non-hydrogen) atoms. The summed E-state index contributed by atoms with van der Waals surface area (Å²) >= 11 is 0. The maximum Gasteiger partial charge on any atom is 0.201 e. The van der Waals surface area contributed by atoms with Crippen molar-refractivity contribution in [2.45, 2.75) is 6.61 Å². The van der Waals surface area contributed by atoms with Gasteiger partial charge in [-0.2, -0.15) is 0 Å². The van der Waals surface area contributed by atoms with Gasteiger partial charge in [-0.15, -0.1) is 0 Å². The van der Waals surface area contributed by atoms with Crippen LogP contribution in [0.25, 0.3) is 0 Å². The summed E-state index contributed by atoms with van der Waals surface area (Å²) in [6.07, 6.45) is 1.12. The van der Waals surface area contributed by atoms with Crippen molar-refractivity contribution < 1.29 is 13.3 Å². The number of oxime groups is 1. The zero-order valence-corrected chi connectivity index (χ0v) is 11.9. The molecule has 2 aromatic carbocycles. The number of sulfone groups is 1. The van der Waals surface area contributed by atoms with E-state index in [-0.39, 0.29) is 11.7 Å². The molecule has 0 bridgehead atoms. The first-order valence-electron chi connectivity index (χ1n) is 6.07. The molecule has 0 atom stereocenters. The third-order valence-electron chi connectivity index (χ3n) is 2.59. The van der Waals surface area contributed by atoms with Crippen molar-refractivity contribution in [3.05, 3.63) is 71.8 Å². The van der Waals surface area contributed by atoms with E-state index >= 15 is 0 Å². The predicted octanol–water partition coefficient (Wildman–Crippen LogP) is 2.61. The van der Waals surface area contributed by atoms with Crippen LogP contribution in [0.5, 0.6) is 0 Å². The second-order valence-electron chi connectivity index (χ2n) is 4.29. The Morgan fingerprint density at radius 3 is 2.10 bits per heavy atom. The smallest absolute Gasteiger partial charge is 0.201 e. The Labute approximate surface area is 118 Å². The summed E-state index contributed by atoms with van der Waals surface area (Å²) in [5.74, 6) is 0. The molecule has 4 nitrogen and oxygen atoms in total. The van der Waals surface area contributed by atoms with Gasteiger partial charge in [0.05, 0.1) is 0 Å². The van der Waals surface area contributed by atoms with Crippen molar-refractivity contribution in [3.8, 4) is 0 Å². The van der Waals surface area contributed by atoms with Crippen LogP contribution in [0, 0.1) is 0 Å². The van der Waals surface area contributed by atoms with Crippen LogP contribution in [-0.2, 0) is 21.3 Å². The van der Waals surface area contributed by atoms with Crippen molar-refractivity contribution >= 4 is 14.9 Å². The lowest BCUT2D eigenvalue weighted by Gasteiger charge is -2.05. The van der Waals surface area contributed by atoms with Gasteiger partial charge < -0.3 is 4.84 Å². The first-order valence-corrected chi connectivity index (χ1v) is 7.96. The van der Waals surface area contributed by atoms with Crippen LogP contribution in [-0.4, -0.2) is 19.7 Å². The molecule has 104 valence electrons. The number of hydrogen-bond donors (Lipinski definition) is 0. The standard InChI is InChI=1S/C15H15NO3S/c1-20(17,18)15(14-10-6-3-7-11-14)16-19-12-13-8-4-2-5-9-13/h2-11H,12H2,1H3/b16-15-. The van der Waals surface area contributed by atoms with E-state index in [9.17, 15) is 8.42 Å². The fourth-order valence-corrected chi connectivity index (χ4v) is 2.41. The summed E-state index contributed by atoms with van der Waals surface area (Å²) in [7, 11) is -3.45. The molecule has 0 radical (unpaired) electrons. The van der Waals surface area contributed by atoms with E-state index in [0.29, 0.717) is 5.56 Å². The Balaban J connectivity index is 2.18. The summed E-state index contributed by atoms with van der Waals surface area (Å²) in [5, 5.41) is 3.73. The Hall–Kier alpha value is -2.14. The summed E-state index contributed by atoms with van der Waals surface area (Å²) < 4.78 is 23.5. The highest BCUT2D eigenvalue weighted by Gasteiger charge is 2.16. The second-order valence-corrected chi connectivity index (χ2v) is 6.22. The first kappa shape index (κ1) is 14.3. The summed E-state index contributed by atoms with van der Waals surface area (Å²) in [4.78, 5) is 5.17. The van der Waals surface area contributed by atoms with E-state index in [2.05, 4.69) is 5.16 Å². The highest BCUT2D eigenvalue weighted by atomic mass is 32.2. The molecule has 0 saturated heterocycles. The minimum Gasteiger partial charge on any atom is -0.390 e. The average molecular weight is 289 g/mol. The monoisotopic (exact) mass is 289 g/mol. The highest BCUT2D eigenvalue weighted by molar-refractivity contribution is 8.06. The van der Waals surface area contributed by atoms with Crippen LogP contribution >= 0.6 is 0 Å². The fourth-order valence-electron chi connectivity index (χ4n) is 1.65. The van der Waals surface area contributed by atoms with Crippen molar-refractivity contribution in [1.82, 2.24) is 0 Å². The number of nitrogens with zero attached hydrogens (tertiary/aromatic N) is 1. The van der Waals surface area contributed by atoms with Gasteiger partial charge in [0, 0.05) is 11.8 Å². The molecule has 0 unspecified atom stereocenters. The Morgan fingerprint density at radius 1 is 1.00 bits per heavy atom. The number of hydrogen-bond acceptors (Lipinski definition) is 4. The van der Waals surface area contributed by atoms with E-state index in [1.807, 2.05) is 36.4 Å². The molecule has 0 amide bonds. The van der Waals surface area contributed by atoms with Gasteiger partial charge >= 0.3 is 0 Å². The van der Waals surface area contributed by atoms with Crippen molar-refractivity contribution in [1.29, 1.82) is 0 Å². The highest BCUT2D eigenvalue weighted by Crippen LogP contribution is 2.08. The van der Waals surface area contributed by atoms with Crippen molar-refractivity contribution in [2.75, 3.05) is 6.26 Å². The van der Waals surface area contributed by atoms with Gasteiger partial charge in [-0.25, -0.2) is 8.42 Å². The van der Waals surface area contributed by atoms with Gasteiger partial charge in [0.15, 0.2) is 9.84 Å². The van der Waals surface area contributed by atoms with Gasteiger partial charge in [0.25, 0.3) is 0 Å². The predicted molar refractivity (Wildman–Crippen MR) is 79.1 cm³/mol. The molecule has 0 heterocycles. The Kier molecular flexibility index (Phi) is 4.53. The van der Waals surface area contributed by atoms with Crippen LogP contribution in [0.2, 0.25) is 0 Å². The Bertz CT molecular complexity index is 680. The summed E-state index contributed by atoms with van der Waals surface area (Å²) in [6, 6.07) is 18.1. The molecule has 5 heteroatoms. The van der Waals surface area contributed by atoms with E-state index in [4.69, 9.17) is 4.84 Å². The van der Waals surface area contributed by atoms with Gasteiger partial charge in [-0.3, -0.25) is 0 Å². The fraction of sp³-hybridized carbons (Fsp3) is 0.133. The minimum atomic E-state index is -3.45. The number of benzene rings is 2. The zero-order valence-electron chi connectivity index (χ0n) is 11.1. The quantitative estimate of drug-likeness (QED) is 0.494. The van der Waals surface area contributed by atoms with Crippen LogP contribution < -0.4 is 0 Å². The van der Waals surface area contributed by atoms with Crippen LogP contribution in [0.15, 0.2) is 65.8 Å². The topological polar surface area (TPSA) is 55.7 Å². The van der Waals surface area contributed by atoms with Crippen LogP contribution in [0.1, 0.15) is 11.1 Å². The van der Waals surface area contributed by atoms with E-state index in [1.165, 1.54) is 0 Å². The molecule has 0 aliphatic rings. The summed E-state index contributed by atoms with van der Waals surface area (Å²) in [5.41, 5.74) is 1.44. The lowest BCUT2D eigenvalue weighted by molar-refractivity contribution is 0.131. The van der Waals surface area contributed by atoms with Crippen LogP contribution in [0.3, 0.4) is 0 Å². The normalized spacial score (nSPS) is 12.2. The van der Waals surface area contributed by atoms with Crippen LogP contribution in [0.4, 0.5) is 0 Å².